The minimum absolute atomic E-state index is 0.0324. The highest BCUT2D eigenvalue weighted by atomic mass is 16.4. The first-order valence-electron chi connectivity index (χ1n) is 8.22. The van der Waals surface area contributed by atoms with Crippen LogP contribution in [0.3, 0.4) is 0 Å². The molecule has 3 rings (SSSR count). The molecule has 0 unspecified atom stereocenters. The lowest BCUT2D eigenvalue weighted by Gasteiger charge is -2.11. The van der Waals surface area contributed by atoms with Gasteiger partial charge in [0.1, 0.15) is 0 Å². The van der Waals surface area contributed by atoms with Gasteiger partial charge in [-0.25, -0.2) is 4.79 Å². The maximum Gasteiger partial charge on any atom is 0.336 e. The summed E-state index contributed by atoms with van der Waals surface area (Å²) in [4.78, 5) is 21.2. The first-order chi connectivity index (χ1) is 12.5. The highest BCUT2D eigenvalue weighted by Crippen LogP contribution is 2.22. The maximum absolute atomic E-state index is 10.7. The van der Waals surface area contributed by atoms with E-state index in [4.69, 9.17) is 10.8 Å². The molecule has 1 amide bonds. The number of rotatable bonds is 4. The van der Waals surface area contributed by atoms with E-state index in [1.807, 2.05) is 0 Å². The normalized spacial score (nSPS) is 9.92. The van der Waals surface area contributed by atoms with Crippen LogP contribution in [0.25, 0.3) is 0 Å². The lowest BCUT2D eigenvalue weighted by atomic mass is 9.93. The van der Waals surface area contributed by atoms with Crippen molar-refractivity contribution in [1.29, 1.82) is 0 Å². The number of hydrogen-bond acceptors (Lipinski definition) is 2. The largest absolute Gasteiger partial charge is 0.478 e. The summed E-state index contributed by atoms with van der Waals surface area (Å²) < 4.78 is 0. The standard InChI is InChI=1S/C14H14.C8H7NO3/c1-12(13-8-4-2-5-9-13)14-10-6-3-7-11-14;9-7(10)5-3-1-2-4-6(5)8(11)12/h2-12H,1H3;1-4H,(H2,9,10)(H,11,12). The molecule has 132 valence electrons. The minimum Gasteiger partial charge on any atom is -0.478 e. The van der Waals surface area contributed by atoms with Gasteiger partial charge in [0.05, 0.1) is 11.1 Å². The molecule has 0 aliphatic heterocycles. The molecule has 0 saturated carbocycles. The SMILES string of the molecule is CC(c1ccccc1)c1ccccc1.NC(=O)c1ccccc1C(=O)O. The molecule has 4 heteroatoms. The van der Waals surface area contributed by atoms with Crippen molar-refractivity contribution in [1.82, 2.24) is 0 Å². The Kier molecular flexibility index (Phi) is 6.68. The topological polar surface area (TPSA) is 80.4 Å². The molecule has 0 atom stereocenters. The van der Waals surface area contributed by atoms with Crippen molar-refractivity contribution in [2.75, 3.05) is 0 Å². The van der Waals surface area contributed by atoms with Crippen LogP contribution in [0.2, 0.25) is 0 Å². The van der Waals surface area contributed by atoms with Crippen LogP contribution in [0.15, 0.2) is 84.9 Å². The molecule has 0 saturated heterocycles. The van der Waals surface area contributed by atoms with Crippen molar-refractivity contribution in [3.63, 3.8) is 0 Å². The van der Waals surface area contributed by atoms with Gasteiger partial charge in [0.15, 0.2) is 0 Å². The minimum atomic E-state index is -1.15. The molecule has 0 aliphatic rings. The van der Waals surface area contributed by atoms with E-state index in [0.29, 0.717) is 5.92 Å². The Bertz CT molecular complexity index is 788. The summed E-state index contributed by atoms with van der Waals surface area (Å²) in [6.45, 7) is 2.24. The third-order valence-electron chi connectivity index (χ3n) is 4.02. The van der Waals surface area contributed by atoms with Gasteiger partial charge in [-0.05, 0) is 23.3 Å². The molecule has 3 N–H and O–H groups in total. The van der Waals surface area contributed by atoms with Gasteiger partial charge in [-0.15, -0.1) is 0 Å². The first-order valence-corrected chi connectivity index (χ1v) is 8.22. The third kappa shape index (κ3) is 5.05. The monoisotopic (exact) mass is 347 g/mol. The molecule has 0 spiro atoms. The molecular weight excluding hydrogens is 326 g/mol. The van der Waals surface area contributed by atoms with Crippen molar-refractivity contribution in [3.8, 4) is 0 Å². The molecular formula is C22H21NO3. The molecule has 0 aromatic heterocycles. The Labute approximate surface area is 152 Å². The maximum atomic E-state index is 10.7. The van der Waals surface area contributed by atoms with Gasteiger partial charge >= 0.3 is 5.97 Å². The van der Waals surface area contributed by atoms with Crippen LogP contribution < -0.4 is 5.73 Å². The molecule has 0 radical (unpaired) electrons. The number of hydrogen-bond donors (Lipinski definition) is 2. The Hall–Kier alpha value is -3.40. The zero-order valence-corrected chi connectivity index (χ0v) is 14.5. The quantitative estimate of drug-likeness (QED) is 0.737. The summed E-state index contributed by atoms with van der Waals surface area (Å²) in [6.07, 6.45) is 0. The molecule has 0 fully saturated rings. The zero-order valence-electron chi connectivity index (χ0n) is 14.5. The number of amides is 1. The van der Waals surface area contributed by atoms with Gasteiger partial charge in [-0.3, -0.25) is 4.79 Å². The van der Waals surface area contributed by atoms with Crippen molar-refractivity contribution >= 4 is 11.9 Å². The second-order valence-electron chi connectivity index (χ2n) is 5.76. The lowest BCUT2D eigenvalue weighted by molar-refractivity contribution is 0.0692. The molecule has 3 aromatic rings. The van der Waals surface area contributed by atoms with E-state index in [1.54, 1.807) is 6.07 Å². The molecule has 0 heterocycles. The van der Waals surface area contributed by atoms with Gasteiger partial charge in [0, 0.05) is 5.92 Å². The second-order valence-corrected chi connectivity index (χ2v) is 5.76. The van der Waals surface area contributed by atoms with Gasteiger partial charge in [-0.2, -0.15) is 0 Å². The van der Waals surface area contributed by atoms with Gasteiger partial charge in [-0.1, -0.05) is 79.7 Å². The fourth-order valence-corrected chi connectivity index (χ4v) is 2.56. The molecule has 4 nitrogen and oxygen atoms in total. The second kappa shape index (κ2) is 9.18. The number of carboxylic acid groups (broad SMARTS) is 1. The number of primary amides is 1. The van der Waals surface area contributed by atoms with E-state index < -0.39 is 11.9 Å². The van der Waals surface area contributed by atoms with Crippen molar-refractivity contribution in [2.24, 2.45) is 5.73 Å². The number of carboxylic acids is 1. The highest BCUT2D eigenvalue weighted by Gasteiger charge is 2.12. The van der Waals surface area contributed by atoms with E-state index in [0.717, 1.165) is 0 Å². The Morgan fingerprint density at radius 2 is 1.12 bits per heavy atom. The van der Waals surface area contributed by atoms with E-state index in [9.17, 15) is 9.59 Å². The van der Waals surface area contributed by atoms with E-state index in [-0.39, 0.29) is 11.1 Å². The summed E-state index contributed by atoms with van der Waals surface area (Å²) in [5.74, 6) is -1.39. The fraction of sp³-hybridized carbons (Fsp3) is 0.0909. The number of benzene rings is 3. The van der Waals surface area contributed by atoms with Crippen molar-refractivity contribution in [2.45, 2.75) is 12.8 Å². The van der Waals surface area contributed by atoms with E-state index >= 15 is 0 Å². The average Bonchev–Trinajstić information content (AvgIpc) is 2.69. The zero-order chi connectivity index (χ0) is 18.9. The van der Waals surface area contributed by atoms with E-state index in [1.165, 1.54) is 29.3 Å². The summed E-state index contributed by atoms with van der Waals surface area (Å²) in [5, 5.41) is 8.61. The van der Waals surface area contributed by atoms with Crippen molar-refractivity contribution < 1.29 is 14.7 Å². The van der Waals surface area contributed by atoms with Gasteiger partial charge < -0.3 is 10.8 Å². The van der Waals surface area contributed by atoms with Crippen LogP contribution >= 0.6 is 0 Å². The highest BCUT2D eigenvalue weighted by molar-refractivity contribution is 6.03. The Morgan fingerprint density at radius 3 is 1.46 bits per heavy atom. The summed E-state index contributed by atoms with van der Waals surface area (Å²) in [5.41, 5.74) is 7.67. The third-order valence-corrected chi connectivity index (χ3v) is 4.02. The number of nitrogens with two attached hydrogens (primary N) is 1. The predicted octanol–water partition coefficient (Wildman–Crippen LogP) is 4.32. The van der Waals surface area contributed by atoms with Crippen LogP contribution in [-0.2, 0) is 0 Å². The summed E-state index contributed by atoms with van der Waals surface area (Å²) in [6, 6.07) is 27.0. The summed E-state index contributed by atoms with van der Waals surface area (Å²) in [7, 11) is 0. The van der Waals surface area contributed by atoms with Crippen LogP contribution in [-0.4, -0.2) is 17.0 Å². The first kappa shape index (κ1) is 18.9. The van der Waals surface area contributed by atoms with Gasteiger partial charge in [0.2, 0.25) is 5.91 Å². The van der Waals surface area contributed by atoms with Crippen LogP contribution in [0.4, 0.5) is 0 Å². The molecule has 3 aromatic carbocycles. The van der Waals surface area contributed by atoms with Gasteiger partial charge in [0.25, 0.3) is 0 Å². The van der Waals surface area contributed by atoms with Crippen molar-refractivity contribution in [3.05, 3.63) is 107 Å². The molecule has 0 aliphatic carbocycles. The number of carbonyl (C=O) groups excluding carboxylic acids is 1. The van der Waals surface area contributed by atoms with Crippen LogP contribution in [0.5, 0.6) is 0 Å². The molecule has 0 bridgehead atoms. The summed E-state index contributed by atoms with van der Waals surface area (Å²) >= 11 is 0. The predicted molar refractivity (Wildman–Crippen MR) is 102 cm³/mol. The Balaban J connectivity index is 0.000000190. The van der Waals surface area contributed by atoms with E-state index in [2.05, 4.69) is 67.6 Å². The lowest BCUT2D eigenvalue weighted by Crippen LogP contribution is -2.15. The smallest absolute Gasteiger partial charge is 0.336 e. The number of aromatic carboxylic acids is 1. The average molecular weight is 347 g/mol. The van der Waals surface area contributed by atoms with Crippen LogP contribution in [0, 0.1) is 0 Å². The Morgan fingerprint density at radius 1 is 0.731 bits per heavy atom. The molecule has 26 heavy (non-hydrogen) atoms. The fourth-order valence-electron chi connectivity index (χ4n) is 2.56. The number of carbonyl (C=O) groups is 2. The van der Waals surface area contributed by atoms with Crippen LogP contribution in [0.1, 0.15) is 44.7 Å².